The highest BCUT2D eigenvalue weighted by Crippen LogP contribution is 2.33. The summed E-state index contributed by atoms with van der Waals surface area (Å²) in [5, 5.41) is 4.92. The molecule has 1 saturated heterocycles. The molecule has 1 unspecified atom stereocenters. The van der Waals surface area contributed by atoms with Crippen LogP contribution in [-0.4, -0.2) is 79.0 Å². The molecule has 2 aliphatic rings. The zero-order valence-electron chi connectivity index (χ0n) is 23.0. The van der Waals surface area contributed by atoms with E-state index < -0.39 is 12.0 Å². The number of hydrogen-bond donors (Lipinski definition) is 1. The lowest BCUT2D eigenvalue weighted by Gasteiger charge is -2.36. The third kappa shape index (κ3) is 6.10. The normalized spacial score (nSPS) is 19.3. The van der Waals surface area contributed by atoms with E-state index in [0.717, 1.165) is 23.4 Å². The molecule has 204 valence electrons. The van der Waals surface area contributed by atoms with Gasteiger partial charge >= 0.3 is 12.0 Å². The van der Waals surface area contributed by atoms with Gasteiger partial charge in [-0.2, -0.15) is 0 Å². The van der Waals surface area contributed by atoms with E-state index in [1.165, 1.54) is 21.8 Å². The maximum atomic E-state index is 13.3. The Bertz CT molecular complexity index is 1180. The van der Waals surface area contributed by atoms with E-state index in [-0.39, 0.29) is 24.0 Å². The number of benzene rings is 1. The topological polar surface area (TPSA) is 82.2 Å². The summed E-state index contributed by atoms with van der Waals surface area (Å²) in [6, 6.07) is 10.9. The molecule has 2 aromatic rings. The summed E-state index contributed by atoms with van der Waals surface area (Å²) in [5.41, 5.74) is 3.09. The summed E-state index contributed by atoms with van der Waals surface area (Å²) in [5.74, 6) is -0.371. The number of carbonyl (C=O) groups is 3. The number of thiophene rings is 1. The minimum atomic E-state index is -0.606. The van der Waals surface area contributed by atoms with Crippen LogP contribution in [0.4, 0.5) is 4.79 Å². The van der Waals surface area contributed by atoms with Gasteiger partial charge in [-0.05, 0) is 41.3 Å². The summed E-state index contributed by atoms with van der Waals surface area (Å²) in [7, 11) is 1.69. The predicted octanol–water partition coefficient (Wildman–Crippen LogP) is 4.41. The summed E-state index contributed by atoms with van der Waals surface area (Å²) in [6.45, 7) is 11.6. The molecule has 3 heterocycles. The van der Waals surface area contributed by atoms with E-state index in [9.17, 15) is 14.4 Å². The number of nitrogens with one attached hydrogen (secondary N) is 1. The number of esters is 1. The Balaban J connectivity index is 1.62. The Hall–Kier alpha value is -3.17. The highest BCUT2D eigenvalue weighted by atomic mass is 32.1. The molecule has 1 aromatic heterocycles. The molecule has 0 aliphatic carbocycles. The number of ether oxygens (including phenoxy) is 1. The zero-order chi connectivity index (χ0) is 27.4. The molecule has 38 heavy (non-hydrogen) atoms. The molecule has 1 fully saturated rings. The average Bonchev–Trinajstić information content (AvgIpc) is 3.32. The molecule has 8 nitrogen and oxygen atoms in total. The van der Waals surface area contributed by atoms with Crippen molar-refractivity contribution in [3.8, 4) is 0 Å². The van der Waals surface area contributed by atoms with Gasteiger partial charge in [0.15, 0.2) is 0 Å². The second kappa shape index (κ2) is 11.7. The quantitative estimate of drug-likeness (QED) is 0.551. The number of amides is 3. The summed E-state index contributed by atoms with van der Waals surface area (Å²) < 4.78 is 5.48. The van der Waals surface area contributed by atoms with Crippen LogP contribution in [0.15, 0.2) is 53.0 Å². The van der Waals surface area contributed by atoms with Gasteiger partial charge in [-0.15, -0.1) is 11.3 Å². The Morgan fingerprint density at radius 2 is 1.82 bits per heavy atom. The van der Waals surface area contributed by atoms with E-state index in [1.54, 1.807) is 14.0 Å². The fourth-order valence-corrected chi connectivity index (χ4v) is 5.61. The first-order valence-corrected chi connectivity index (χ1v) is 14.1. The fourth-order valence-electron chi connectivity index (χ4n) is 4.92. The molecule has 0 bridgehead atoms. The minimum Gasteiger partial charge on any atom is -0.463 e. The first kappa shape index (κ1) is 27.9. The maximum Gasteiger partial charge on any atom is 0.338 e. The number of hydrogen-bond acceptors (Lipinski definition) is 6. The molecule has 4 rings (SSSR count). The minimum absolute atomic E-state index is 0.00886. The molecule has 9 heteroatoms. The van der Waals surface area contributed by atoms with E-state index in [4.69, 9.17) is 4.74 Å². The predicted molar refractivity (Wildman–Crippen MR) is 149 cm³/mol. The monoisotopic (exact) mass is 538 g/mol. The third-order valence-electron chi connectivity index (χ3n) is 7.16. The fraction of sp³-hybridized carbons (Fsp3) is 0.483. The van der Waals surface area contributed by atoms with Gasteiger partial charge < -0.3 is 15.0 Å². The summed E-state index contributed by atoms with van der Waals surface area (Å²) in [6.07, 6.45) is 0.812. The molecule has 0 radical (unpaired) electrons. The average molecular weight is 539 g/mol. The SMILES string of the molecule is CCOC(=O)C1=C(CN2CCCN(C(=O)c3cccs3)CC2)N(C)C(=O)NC1c1ccc(C(C)(C)C)cc1. The van der Waals surface area contributed by atoms with Crippen molar-refractivity contribution in [3.63, 3.8) is 0 Å². The maximum absolute atomic E-state index is 13.3. The second-order valence-corrected chi connectivity index (χ2v) is 11.7. The first-order chi connectivity index (χ1) is 18.1. The smallest absolute Gasteiger partial charge is 0.338 e. The van der Waals surface area contributed by atoms with Crippen LogP contribution in [0.25, 0.3) is 0 Å². The third-order valence-corrected chi connectivity index (χ3v) is 8.02. The van der Waals surface area contributed by atoms with Crippen LogP contribution in [0.3, 0.4) is 0 Å². The largest absolute Gasteiger partial charge is 0.463 e. The standard InChI is InChI=1S/C29H38N4O4S/c1-6-37-27(35)24-22(19-32-14-8-15-33(17-16-32)26(34)23-9-7-18-38-23)31(5)28(36)30-25(24)20-10-12-21(13-11-20)29(2,3)4/h7,9-13,18,25H,6,8,14-17,19H2,1-5H3,(H,30,36). The van der Waals surface area contributed by atoms with Crippen molar-refractivity contribution in [2.45, 2.75) is 45.6 Å². The van der Waals surface area contributed by atoms with Crippen molar-refractivity contribution >= 4 is 29.2 Å². The summed E-state index contributed by atoms with van der Waals surface area (Å²) >= 11 is 1.45. The highest BCUT2D eigenvalue weighted by Gasteiger charge is 2.37. The van der Waals surface area contributed by atoms with Gasteiger partial charge in [0.2, 0.25) is 0 Å². The van der Waals surface area contributed by atoms with Crippen molar-refractivity contribution in [3.05, 3.63) is 69.1 Å². The molecular weight excluding hydrogens is 500 g/mol. The number of likely N-dealkylation sites (N-methyl/N-ethyl adjacent to an activating group) is 1. The van der Waals surface area contributed by atoms with E-state index >= 15 is 0 Å². The van der Waals surface area contributed by atoms with Gasteiger partial charge in [0.05, 0.1) is 23.1 Å². The van der Waals surface area contributed by atoms with Crippen LogP contribution in [0.2, 0.25) is 0 Å². The van der Waals surface area contributed by atoms with Crippen molar-refractivity contribution in [1.29, 1.82) is 0 Å². The number of urea groups is 1. The van der Waals surface area contributed by atoms with Crippen LogP contribution in [0, 0.1) is 0 Å². The van der Waals surface area contributed by atoms with Crippen molar-refractivity contribution in [1.82, 2.24) is 20.0 Å². The second-order valence-electron chi connectivity index (χ2n) is 10.8. The molecule has 1 atom stereocenters. The van der Waals surface area contributed by atoms with Crippen LogP contribution in [0.5, 0.6) is 0 Å². The van der Waals surface area contributed by atoms with Crippen molar-refractivity contribution < 1.29 is 19.1 Å². The first-order valence-electron chi connectivity index (χ1n) is 13.2. The van der Waals surface area contributed by atoms with Gasteiger partial charge in [0.1, 0.15) is 0 Å². The molecule has 2 aliphatic heterocycles. The molecule has 0 spiro atoms. The lowest BCUT2D eigenvalue weighted by Crippen LogP contribution is -2.49. The lowest BCUT2D eigenvalue weighted by molar-refractivity contribution is -0.139. The Morgan fingerprint density at radius 1 is 1.08 bits per heavy atom. The van der Waals surface area contributed by atoms with Gasteiger partial charge in [-0.1, -0.05) is 51.1 Å². The lowest BCUT2D eigenvalue weighted by atomic mass is 9.85. The Kier molecular flexibility index (Phi) is 8.57. The number of carbonyl (C=O) groups excluding carboxylic acids is 3. The van der Waals surface area contributed by atoms with Gasteiger partial charge in [0.25, 0.3) is 5.91 Å². The van der Waals surface area contributed by atoms with Crippen LogP contribution in [0.1, 0.15) is 61.0 Å². The van der Waals surface area contributed by atoms with Crippen LogP contribution >= 0.6 is 11.3 Å². The van der Waals surface area contributed by atoms with Gasteiger partial charge in [-0.25, -0.2) is 9.59 Å². The van der Waals surface area contributed by atoms with Gasteiger partial charge in [0, 0.05) is 45.5 Å². The van der Waals surface area contributed by atoms with E-state index in [1.807, 2.05) is 34.5 Å². The Morgan fingerprint density at radius 3 is 2.45 bits per heavy atom. The molecule has 1 N–H and O–H groups in total. The van der Waals surface area contributed by atoms with Crippen LogP contribution < -0.4 is 5.32 Å². The zero-order valence-corrected chi connectivity index (χ0v) is 23.8. The van der Waals surface area contributed by atoms with Crippen molar-refractivity contribution in [2.24, 2.45) is 0 Å². The highest BCUT2D eigenvalue weighted by molar-refractivity contribution is 7.12. The van der Waals surface area contributed by atoms with E-state index in [0.29, 0.717) is 37.4 Å². The summed E-state index contributed by atoms with van der Waals surface area (Å²) in [4.78, 5) is 45.7. The van der Waals surface area contributed by atoms with Crippen molar-refractivity contribution in [2.75, 3.05) is 46.4 Å². The van der Waals surface area contributed by atoms with Crippen LogP contribution in [-0.2, 0) is 14.9 Å². The molecule has 3 amide bonds. The molecular formula is C29H38N4O4S. The number of nitrogens with zero attached hydrogens (tertiary/aromatic N) is 3. The number of rotatable bonds is 6. The molecule has 0 saturated carbocycles. The molecule has 1 aromatic carbocycles. The van der Waals surface area contributed by atoms with E-state index in [2.05, 4.69) is 43.1 Å². The van der Waals surface area contributed by atoms with Gasteiger partial charge in [-0.3, -0.25) is 14.6 Å². The Labute approximate surface area is 229 Å².